The van der Waals surface area contributed by atoms with Gasteiger partial charge in [-0.1, -0.05) is 130 Å². The van der Waals surface area contributed by atoms with Gasteiger partial charge in [0.05, 0.1) is 11.2 Å². The van der Waals surface area contributed by atoms with Crippen LogP contribution in [0.1, 0.15) is 67.2 Å². The summed E-state index contributed by atoms with van der Waals surface area (Å²) in [4.78, 5) is 17.4. The maximum atomic E-state index is 12.2. The van der Waals surface area contributed by atoms with Crippen LogP contribution < -0.4 is 0 Å². The molecule has 54 heavy (non-hydrogen) atoms. The number of carbonyl (C=O) groups excluding carboxylic acids is 1. The molecule has 3 heterocycles. The molecule has 9 rings (SSSR count). The van der Waals surface area contributed by atoms with Gasteiger partial charge in [-0.15, -0.1) is 23.6 Å². The summed E-state index contributed by atoms with van der Waals surface area (Å²) in [5, 5.41) is 20.4. The van der Waals surface area contributed by atoms with Gasteiger partial charge in [0.1, 0.15) is 16.9 Å². The largest absolute Gasteiger partial charge is 0.512 e. The third kappa shape index (κ3) is 5.88. The van der Waals surface area contributed by atoms with Gasteiger partial charge in [0, 0.05) is 58.7 Å². The Hall–Kier alpha value is -5.03. The van der Waals surface area contributed by atoms with Crippen molar-refractivity contribution in [3.8, 4) is 0 Å². The maximum Gasteiger partial charge on any atom is 0.164 e. The molecule has 0 atom stereocenters. The fraction of sp³-hybridized carbons (Fsp3) is 0.250. The van der Waals surface area contributed by atoms with E-state index in [1.54, 1.807) is 0 Å². The van der Waals surface area contributed by atoms with Crippen molar-refractivity contribution in [2.24, 2.45) is 10.8 Å². The minimum absolute atomic E-state index is 0. The van der Waals surface area contributed by atoms with Crippen LogP contribution in [-0.4, -0.2) is 20.3 Å². The van der Waals surface area contributed by atoms with Crippen molar-refractivity contribution >= 4 is 87.6 Å². The van der Waals surface area contributed by atoms with Gasteiger partial charge in [0.25, 0.3) is 0 Å². The summed E-state index contributed by atoms with van der Waals surface area (Å²) < 4.78 is 8.82. The summed E-state index contributed by atoms with van der Waals surface area (Å²) in [6, 6.07) is 40.0. The van der Waals surface area contributed by atoms with Crippen LogP contribution in [0.3, 0.4) is 0 Å². The molecule has 5 nitrogen and oxygen atoms in total. The smallest absolute Gasteiger partial charge is 0.164 e. The standard InChI is InChI=1S/C33H17N2O.C15H28O2.Ir/c1-2-9-21-18-27-26(17-20(21)8-1)24-14-13-19-7-3-4-10-22(19)30(24)35-31-28(34-33(27)35)16-15-25-23-11-5-6-12-29(23)36-32(25)31;1-7-14(5,8-2)12(16)11-13(17)15(6,9-3)10-4;/h1-17H;11,16H,7-10H2,1-6H3;/q-1;;/b;12-11-;. The molecule has 6 heteroatoms. The molecule has 0 aliphatic carbocycles. The first kappa shape index (κ1) is 37.3. The number of hydrogen-bond donors (Lipinski definition) is 1. The number of aromatic nitrogens is 2. The van der Waals surface area contributed by atoms with Crippen LogP contribution in [0.4, 0.5) is 0 Å². The Morgan fingerprint density at radius 2 is 1.35 bits per heavy atom. The number of aliphatic hydroxyl groups excluding tert-OH is 1. The zero-order chi connectivity index (χ0) is 37.1. The van der Waals surface area contributed by atoms with Crippen LogP contribution in [-0.2, 0) is 24.9 Å². The number of hydrogen-bond acceptors (Lipinski definition) is 4. The van der Waals surface area contributed by atoms with Crippen LogP contribution in [0.5, 0.6) is 0 Å². The first-order chi connectivity index (χ1) is 25.6. The second kappa shape index (κ2) is 14.3. The average Bonchev–Trinajstić information content (AvgIpc) is 3.78. The monoisotopic (exact) mass is 890 g/mol. The van der Waals surface area contributed by atoms with Crippen LogP contribution in [0, 0.1) is 16.9 Å². The van der Waals surface area contributed by atoms with Crippen LogP contribution >= 0.6 is 0 Å². The minimum atomic E-state index is -0.337. The van der Waals surface area contributed by atoms with E-state index in [2.05, 4.69) is 101 Å². The SMILES string of the molecule is CCC(C)(CC)C(=O)/C=C(\O)C(C)(CC)CC.[Ir].[c-]1c2ccccc2cc2c1c1nc3ccc4c5ccccc5oc4c3n1c1c3ccccc3ccc21. The second-order valence-corrected chi connectivity index (χ2v) is 14.9. The van der Waals surface area contributed by atoms with Crippen molar-refractivity contribution in [3.63, 3.8) is 0 Å². The predicted octanol–water partition coefficient (Wildman–Crippen LogP) is 13.4. The van der Waals surface area contributed by atoms with Gasteiger partial charge in [0.2, 0.25) is 0 Å². The van der Waals surface area contributed by atoms with E-state index in [4.69, 9.17) is 9.40 Å². The number of benzene rings is 6. The minimum Gasteiger partial charge on any atom is -0.512 e. The van der Waals surface area contributed by atoms with Crippen LogP contribution in [0.2, 0.25) is 0 Å². The van der Waals surface area contributed by atoms with Crippen molar-refractivity contribution in [1.82, 2.24) is 9.38 Å². The number of para-hydroxylation sites is 1. The topological polar surface area (TPSA) is 67.7 Å². The van der Waals surface area contributed by atoms with E-state index in [-0.39, 0.29) is 42.5 Å². The molecule has 0 aliphatic heterocycles. The van der Waals surface area contributed by atoms with E-state index in [9.17, 15) is 9.90 Å². The number of furan rings is 1. The molecular weight excluding hydrogens is 845 g/mol. The Labute approximate surface area is 329 Å². The Morgan fingerprint density at radius 3 is 2.07 bits per heavy atom. The van der Waals surface area contributed by atoms with E-state index < -0.39 is 0 Å². The van der Waals surface area contributed by atoms with Crippen molar-refractivity contribution in [3.05, 3.63) is 121 Å². The summed E-state index contributed by atoms with van der Waals surface area (Å²) in [5.41, 5.74) is 5.14. The maximum absolute atomic E-state index is 12.2. The van der Waals surface area contributed by atoms with Gasteiger partial charge in [-0.05, 0) is 54.7 Å². The van der Waals surface area contributed by atoms with E-state index in [1.165, 1.54) is 27.6 Å². The fourth-order valence-electron chi connectivity index (χ4n) is 7.68. The number of nitrogens with zero attached hydrogens (tertiary/aromatic N) is 2. The van der Waals surface area contributed by atoms with E-state index in [0.717, 1.165) is 86.0 Å². The molecule has 6 aromatic carbocycles. The van der Waals surface area contributed by atoms with Crippen molar-refractivity contribution < 1.29 is 34.4 Å². The van der Waals surface area contributed by atoms with Gasteiger partial charge in [0.15, 0.2) is 11.4 Å². The molecule has 0 amide bonds. The Kier molecular flexibility index (Phi) is 9.89. The molecule has 0 saturated heterocycles. The molecular formula is C48H45IrN2O3-. The molecule has 3 aromatic heterocycles. The number of fused-ring (bicyclic) bond motifs is 15. The number of allylic oxidation sites excluding steroid dienone is 2. The summed E-state index contributed by atoms with van der Waals surface area (Å²) in [6.45, 7) is 12.1. The Bertz CT molecular complexity index is 2910. The number of aliphatic hydroxyl groups is 1. The number of carbonyl (C=O) groups is 1. The van der Waals surface area contributed by atoms with E-state index in [0.29, 0.717) is 0 Å². The average molecular weight is 890 g/mol. The third-order valence-corrected chi connectivity index (χ3v) is 12.2. The van der Waals surface area contributed by atoms with Crippen molar-refractivity contribution in [1.29, 1.82) is 0 Å². The van der Waals surface area contributed by atoms with Crippen LogP contribution in [0.25, 0.3) is 81.8 Å². The first-order valence-corrected chi connectivity index (χ1v) is 18.9. The summed E-state index contributed by atoms with van der Waals surface area (Å²) in [7, 11) is 0. The predicted molar refractivity (Wildman–Crippen MR) is 222 cm³/mol. The van der Waals surface area contributed by atoms with E-state index >= 15 is 0 Å². The van der Waals surface area contributed by atoms with Crippen LogP contribution in [0.15, 0.2) is 119 Å². The molecule has 0 aliphatic rings. The number of ketones is 1. The zero-order valence-corrected chi connectivity index (χ0v) is 34.1. The molecule has 1 N–H and O–H groups in total. The number of rotatable bonds is 7. The molecule has 0 spiro atoms. The van der Waals surface area contributed by atoms with Gasteiger partial charge < -0.3 is 13.9 Å². The molecule has 9 aromatic rings. The van der Waals surface area contributed by atoms with E-state index in [1.807, 2.05) is 53.7 Å². The second-order valence-electron chi connectivity index (χ2n) is 14.9. The fourth-order valence-corrected chi connectivity index (χ4v) is 7.68. The van der Waals surface area contributed by atoms with Gasteiger partial charge in [-0.3, -0.25) is 9.78 Å². The third-order valence-electron chi connectivity index (χ3n) is 12.2. The quantitative estimate of drug-likeness (QED) is 0.0569. The molecule has 0 saturated carbocycles. The summed E-state index contributed by atoms with van der Waals surface area (Å²) in [6.07, 6.45) is 4.75. The number of pyridine rings is 1. The van der Waals surface area contributed by atoms with Gasteiger partial charge in [-0.25, -0.2) is 0 Å². The Balaban J connectivity index is 0.000000216. The van der Waals surface area contributed by atoms with Gasteiger partial charge >= 0.3 is 0 Å². The Morgan fingerprint density at radius 1 is 0.722 bits per heavy atom. The summed E-state index contributed by atoms with van der Waals surface area (Å²) >= 11 is 0. The molecule has 275 valence electrons. The van der Waals surface area contributed by atoms with Crippen molar-refractivity contribution in [2.45, 2.75) is 67.2 Å². The first-order valence-electron chi connectivity index (χ1n) is 18.9. The van der Waals surface area contributed by atoms with Gasteiger partial charge in [-0.2, -0.15) is 0 Å². The summed E-state index contributed by atoms with van der Waals surface area (Å²) in [5.74, 6) is 0.286. The molecule has 1 radical (unpaired) electrons. The normalized spacial score (nSPS) is 12.7. The molecule has 0 bridgehead atoms. The number of imidazole rings is 1. The zero-order valence-electron chi connectivity index (χ0n) is 31.7. The van der Waals surface area contributed by atoms with Crippen molar-refractivity contribution in [2.75, 3.05) is 0 Å². The molecule has 0 unspecified atom stereocenters. The molecule has 0 fully saturated rings.